The molecule has 0 amide bonds. The van der Waals surface area contributed by atoms with Crippen molar-refractivity contribution in [3.63, 3.8) is 0 Å². The van der Waals surface area contributed by atoms with E-state index in [9.17, 15) is 19.5 Å². The molecule has 168 valence electrons. The van der Waals surface area contributed by atoms with Crippen LogP contribution in [0, 0.1) is 34.0 Å². The molecule has 3 saturated carbocycles. The highest BCUT2D eigenvalue weighted by molar-refractivity contribution is 5.97. The molecule has 0 radical (unpaired) electrons. The van der Waals surface area contributed by atoms with Crippen molar-refractivity contribution >= 4 is 17.7 Å². The summed E-state index contributed by atoms with van der Waals surface area (Å²) in [7, 11) is 0. The molecule has 4 aliphatic carbocycles. The highest BCUT2D eigenvalue weighted by Gasteiger charge is 2.85. The van der Waals surface area contributed by atoms with Gasteiger partial charge in [0, 0.05) is 19.8 Å². The number of carbonyl (C=O) groups is 3. The summed E-state index contributed by atoms with van der Waals surface area (Å²) >= 11 is 0. The molecule has 2 saturated heterocycles. The zero-order valence-electron chi connectivity index (χ0n) is 18.5. The molecule has 5 unspecified atom stereocenters. The first kappa shape index (κ1) is 20.9. The lowest BCUT2D eigenvalue weighted by atomic mass is 9.37. The van der Waals surface area contributed by atoms with Crippen LogP contribution < -0.4 is 0 Å². The number of carbonyl (C=O) groups excluding carboxylic acids is 3. The molecule has 0 aromatic carbocycles. The van der Waals surface area contributed by atoms with Gasteiger partial charge in [0.25, 0.3) is 0 Å². The zero-order valence-corrected chi connectivity index (χ0v) is 18.5. The molecular weight excluding hydrogens is 400 g/mol. The summed E-state index contributed by atoms with van der Waals surface area (Å²) in [6.07, 6.45) is 3.57. The van der Waals surface area contributed by atoms with E-state index in [-0.39, 0.29) is 24.2 Å². The van der Waals surface area contributed by atoms with E-state index < -0.39 is 52.1 Å². The van der Waals surface area contributed by atoms with E-state index in [1.165, 1.54) is 13.8 Å². The van der Waals surface area contributed by atoms with Crippen molar-refractivity contribution in [3.8, 4) is 0 Å². The molecule has 2 spiro atoms. The van der Waals surface area contributed by atoms with Gasteiger partial charge in [-0.25, -0.2) is 0 Å². The van der Waals surface area contributed by atoms with Crippen LogP contribution in [0.2, 0.25) is 0 Å². The largest absolute Gasteiger partial charge is 0.457 e. The number of aliphatic hydroxyl groups is 1. The Bertz CT molecular complexity index is 934. The highest BCUT2D eigenvalue weighted by atomic mass is 16.7. The fraction of sp³-hybridized carbons (Fsp3) is 0.708. The lowest BCUT2D eigenvalue weighted by Crippen LogP contribution is -2.83. The summed E-state index contributed by atoms with van der Waals surface area (Å²) in [5.74, 6) is -3.70. The minimum atomic E-state index is -1.89. The van der Waals surface area contributed by atoms with Crippen molar-refractivity contribution in [3.05, 3.63) is 24.3 Å². The average molecular weight is 430 g/mol. The van der Waals surface area contributed by atoms with E-state index in [4.69, 9.17) is 14.2 Å². The summed E-state index contributed by atoms with van der Waals surface area (Å²) in [5, 5.41) is 12.3. The number of ether oxygens (including phenoxy) is 3. The normalized spacial score (nSPS) is 48.7. The van der Waals surface area contributed by atoms with E-state index in [1.54, 1.807) is 6.08 Å². The fourth-order valence-corrected chi connectivity index (χ4v) is 8.02. The molecule has 0 aromatic heterocycles. The Kier molecular flexibility index (Phi) is 4.09. The van der Waals surface area contributed by atoms with E-state index in [0.717, 1.165) is 12.0 Å². The van der Waals surface area contributed by atoms with Gasteiger partial charge in [0.2, 0.25) is 5.79 Å². The van der Waals surface area contributed by atoms with Crippen molar-refractivity contribution in [1.29, 1.82) is 0 Å². The molecule has 7 nitrogen and oxygen atoms in total. The van der Waals surface area contributed by atoms with Gasteiger partial charge in [-0.3, -0.25) is 14.4 Å². The summed E-state index contributed by atoms with van der Waals surface area (Å²) in [6, 6.07) is 0. The predicted octanol–water partition coefficient (Wildman–Crippen LogP) is 2.32. The number of ketones is 1. The molecule has 4 bridgehead atoms. The van der Waals surface area contributed by atoms with Crippen molar-refractivity contribution in [1.82, 2.24) is 0 Å². The SMILES string of the molecule is C=C1C2CCC3[C@@]45CO[C@](O)(C(OC(C)=O)C4C(C)(C)C=CC5=O)[C@]3(C2)C1OC(C)=O. The van der Waals surface area contributed by atoms with Gasteiger partial charge in [-0.15, -0.1) is 0 Å². The molecule has 6 aliphatic rings. The molecule has 31 heavy (non-hydrogen) atoms. The van der Waals surface area contributed by atoms with Crippen LogP contribution in [-0.2, 0) is 28.6 Å². The number of allylic oxidation sites excluding steroid dienone is 2. The monoisotopic (exact) mass is 430 g/mol. The number of esters is 2. The Hall–Kier alpha value is -1.99. The van der Waals surface area contributed by atoms with Gasteiger partial charge in [0.15, 0.2) is 11.9 Å². The second kappa shape index (κ2) is 6.07. The molecule has 8 atom stereocenters. The van der Waals surface area contributed by atoms with E-state index in [0.29, 0.717) is 12.8 Å². The first-order valence-corrected chi connectivity index (χ1v) is 11.0. The van der Waals surface area contributed by atoms with Crippen LogP contribution in [0.15, 0.2) is 24.3 Å². The smallest absolute Gasteiger partial charge is 0.303 e. The maximum absolute atomic E-state index is 13.6. The van der Waals surface area contributed by atoms with Crippen LogP contribution in [0.3, 0.4) is 0 Å². The second-order valence-electron chi connectivity index (χ2n) is 10.7. The van der Waals surface area contributed by atoms with Crippen molar-refractivity contribution in [2.45, 2.75) is 65.0 Å². The molecule has 2 heterocycles. The summed E-state index contributed by atoms with van der Waals surface area (Å²) in [5.41, 5.74) is -1.84. The molecule has 1 N–H and O–H groups in total. The first-order chi connectivity index (χ1) is 14.4. The summed E-state index contributed by atoms with van der Waals surface area (Å²) in [6.45, 7) is 10.9. The third kappa shape index (κ3) is 2.24. The quantitative estimate of drug-likeness (QED) is 0.530. The van der Waals surface area contributed by atoms with Crippen molar-refractivity contribution in [2.24, 2.45) is 34.0 Å². The number of hydrogen-bond acceptors (Lipinski definition) is 7. The van der Waals surface area contributed by atoms with Crippen LogP contribution in [-0.4, -0.2) is 47.4 Å². The minimum Gasteiger partial charge on any atom is -0.457 e. The Morgan fingerprint density at radius 1 is 1.19 bits per heavy atom. The lowest BCUT2D eigenvalue weighted by molar-refractivity contribution is -0.441. The van der Waals surface area contributed by atoms with Crippen molar-refractivity contribution < 1.29 is 33.7 Å². The number of fused-ring (bicyclic) bond motifs is 2. The maximum Gasteiger partial charge on any atom is 0.303 e. The fourth-order valence-electron chi connectivity index (χ4n) is 8.02. The van der Waals surface area contributed by atoms with Gasteiger partial charge in [-0.05, 0) is 48.2 Å². The second-order valence-corrected chi connectivity index (χ2v) is 10.7. The highest BCUT2D eigenvalue weighted by Crippen LogP contribution is 2.77. The standard InChI is InChI=1S/C24H30O7/c1-12-15-6-7-16-22-11-29-24(28,23(16,10-15)19(12)30-13(2)25)20(31-14(3)26)18(22)21(4,5)9-8-17(22)27/h8-9,15-16,18-20,28H,1,6-7,10-11H2,2-5H3/t15?,16?,18?,19?,20?,22-,23+,24-/m1/s1. The van der Waals surface area contributed by atoms with Gasteiger partial charge in [-0.2, -0.15) is 0 Å². The van der Waals surface area contributed by atoms with Crippen LogP contribution in [0.1, 0.15) is 47.0 Å². The minimum absolute atomic E-state index is 0.0441. The summed E-state index contributed by atoms with van der Waals surface area (Å²) in [4.78, 5) is 37.9. The first-order valence-electron chi connectivity index (χ1n) is 11.0. The Morgan fingerprint density at radius 2 is 1.87 bits per heavy atom. The third-order valence-corrected chi connectivity index (χ3v) is 8.90. The van der Waals surface area contributed by atoms with Crippen molar-refractivity contribution in [2.75, 3.05) is 6.61 Å². The van der Waals surface area contributed by atoms with Gasteiger partial charge >= 0.3 is 11.9 Å². The van der Waals surface area contributed by atoms with Crippen LogP contribution in [0.5, 0.6) is 0 Å². The predicted molar refractivity (Wildman–Crippen MR) is 108 cm³/mol. The van der Waals surface area contributed by atoms with Gasteiger partial charge in [-0.1, -0.05) is 26.5 Å². The van der Waals surface area contributed by atoms with Crippen LogP contribution in [0.25, 0.3) is 0 Å². The molecule has 7 heteroatoms. The Labute approximate surface area is 181 Å². The maximum atomic E-state index is 13.6. The topological polar surface area (TPSA) is 99.1 Å². The number of rotatable bonds is 2. The van der Waals surface area contributed by atoms with Gasteiger partial charge < -0.3 is 19.3 Å². The van der Waals surface area contributed by atoms with Gasteiger partial charge in [0.1, 0.15) is 6.10 Å². The van der Waals surface area contributed by atoms with E-state index >= 15 is 0 Å². The Balaban J connectivity index is 1.80. The van der Waals surface area contributed by atoms with Crippen LogP contribution in [0.4, 0.5) is 0 Å². The molecular formula is C24H30O7. The molecule has 2 aliphatic heterocycles. The lowest BCUT2D eigenvalue weighted by Gasteiger charge is -2.72. The van der Waals surface area contributed by atoms with E-state index in [1.807, 2.05) is 19.9 Å². The van der Waals surface area contributed by atoms with E-state index in [2.05, 4.69) is 6.58 Å². The third-order valence-electron chi connectivity index (χ3n) is 8.90. The molecule has 6 rings (SSSR count). The van der Waals surface area contributed by atoms with Gasteiger partial charge in [0.05, 0.1) is 17.4 Å². The Morgan fingerprint density at radius 3 is 2.52 bits per heavy atom. The number of hydrogen-bond donors (Lipinski definition) is 1. The molecule has 5 fully saturated rings. The molecule has 0 aromatic rings. The van der Waals surface area contributed by atoms with Crippen LogP contribution >= 0.6 is 0 Å². The zero-order chi connectivity index (χ0) is 22.6. The average Bonchev–Trinajstić information content (AvgIpc) is 2.87. The summed E-state index contributed by atoms with van der Waals surface area (Å²) < 4.78 is 17.7.